The number of rotatable bonds is 5. The van der Waals surface area contributed by atoms with Gasteiger partial charge in [0.1, 0.15) is 6.04 Å². The first-order chi connectivity index (χ1) is 7.79. The second-order valence-corrected chi connectivity index (χ2v) is 4.90. The molecule has 2 N–H and O–H groups in total. The van der Waals surface area contributed by atoms with E-state index in [1.165, 1.54) is 7.11 Å². The zero-order chi connectivity index (χ0) is 13.6. The van der Waals surface area contributed by atoms with Gasteiger partial charge in [-0.1, -0.05) is 27.7 Å². The molecule has 2 unspecified atom stereocenters. The molecule has 0 aromatic rings. The molecular formula is C12H24N2O3. The van der Waals surface area contributed by atoms with Crippen molar-refractivity contribution in [1.82, 2.24) is 10.6 Å². The van der Waals surface area contributed by atoms with Crippen molar-refractivity contribution < 1.29 is 14.3 Å². The smallest absolute Gasteiger partial charge is 0.407 e. The van der Waals surface area contributed by atoms with Crippen LogP contribution < -0.4 is 10.6 Å². The first-order valence-corrected chi connectivity index (χ1v) is 5.94. The van der Waals surface area contributed by atoms with Crippen LogP contribution in [0.15, 0.2) is 0 Å². The highest BCUT2D eigenvalue weighted by atomic mass is 16.5. The van der Waals surface area contributed by atoms with E-state index >= 15 is 0 Å². The monoisotopic (exact) mass is 244 g/mol. The third-order valence-corrected chi connectivity index (χ3v) is 2.78. The normalized spacial score (nSPS) is 14.4. The molecule has 5 heteroatoms. The SMILES string of the molecule is COC(=O)NC(C(=O)NC(C)C(C)C)C(C)C. The van der Waals surface area contributed by atoms with E-state index < -0.39 is 12.1 Å². The van der Waals surface area contributed by atoms with E-state index in [2.05, 4.69) is 15.4 Å². The van der Waals surface area contributed by atoms with Gasteiger partial charge in [-0.3, -0.25) is 4.79 Å². The first kappa shape index (κ1) is 15.7. The molecule has 0 heterocycles. The number of alkyl carbamates (subject to hydrolysis) is 1. The fraction of sp³-hybridized carbons (Fsp3) is 0.833. The Labute approximate surface area is 103 Å². The van der Waals surface area contributed by atoms with Crippen molar-refractivity contribution in [2.45, 2.75) is 46.7 Å². The second kappa shape index (κ2) is 7.14. The highest BCUT2D eigenvalue weighted by Crippen LogP contribution is 2.05. The summed E-state index contributed by atoms with van der Waals surface area (Å²) in [6.07, 6.45) is -0.587. The molecule has 0 aromatic carbocycles. The lowest BCUT2D eigenvalue weighted by Gasteiger charge is -2.24. The summed E-state index contributed by atoms with van der Waals surface area (Å²) < 4.78 is 4.50. The molecule has 0 aliphatic carbocycles. The van der Waals surface area contributed by atoms with Gasteiger partial charge in [0.2, 0.25) is 5.91 Å². The first-order valence-electron chi connectivity index (χ1n) is 5.94. The van der Waals surface area contributed by atoms with Crippen molar-refractivity contribution in [2.24, 2.45) is 11.8 Å². The van der Waals surface area contributed by atoms with Crippen molar-refractivity contribution in [3.05, 3.63) is 0 Å². The number of amides is 2. The Morgan fingerprint density at radius 1 is 0.941 bits per heavy atom. The largest absolute Gasteiger partial charge is 0.453 e. The summed E-state index contributed by atoms with van der Waals surface area (Å²) in [5.74, 6) is 0.185. The van der Waals surface area contributed by atoms with Crippen molar-refractivity contribution in [3.8, 4) is 0 Å². The van der Waals surface area contributed by atoms with Crippen LogP contribution in [0.5, 0.6) is 0 Å². The Bertz CT molecular complexity index is 264. The second-order valence-electron chi connectivity index (χ2n) is 4.90. The summed E-state index contributed by atoms with van der Waals surface area (Å²) >= 11 is 0. The van der Waals surface area contributed by atoms with Crippen molar-refractivity contribution in [1.29, 1.82) is 0 Å². The van der Waals surface area contributed by atoms with Gasteiger partial charge in [-0.25, -0.2) is 4.79 Å². The number of methoxy groups -OCH3 is 1. The number of hydrogen-bond donors (Lipinski definition) is 2. The van der Waals surface area contributed by atoms with Crippen LogP contribution in [0.3, 0.4) is 0 Å². The van der Waals surface area contributed by atoms with E-state index in [4.69, 9.17) is 0 Å². The van der Waals surface area contributed by atoms with Gasteiger partial charge in [0, 0.05) is 6.04 Å². The molecule has 0 radical (unpaired) electrons. The van der Waals surface area contributed by atoms with Crippen LogP contribution in [0.1, 0.15) is 34.6 Å². The fourth-order valence-electron chi connectivity index (χ4n) is 1.20. The van der Waals surface area contributed by atoms with Gasteiger partial charge in [-0.05, 0) is 18.8 Å². The van der Waals surface area contributed by atoms with Crippen LogP contribution in [0.4, 0.5) is 4.79 Å². The molecule has 2 atom stereocenters. The highest BCUT2D eigenvalue weighted by molar-refractivity contribution is 5.86. The molecule has 0 aliphatic heterocycles. The molecule has 0 bridgehead atoms. The molecule has 0 aliphatic rings. The minimum atomic E-state index is -0.587. The molecule has 0 aromatic heterocycles. The molecule has 100 valence electrons. The van der Waals surface area contributed by atoms with Gasteiger partial charge in [0.15, 0.2) is 0 Å². The molecule has 0 fully saturated rings. The average molecular weight is 244 g/mol. The van der Waals surface area contributed by atoms with Gasteiger partial charge < -0.3 is 15.4 Å². The van der Waals surface area contributed by atoms with Crippen LogP contribution in [0.2, 0.25) is 0 Å². The van der Waals surface area contributed by atoms with Crippen LogP contribution >= 0.6 is 0 Å². The van der Waals surface area contributed by atoms with Crippen molar-refractivity contribution in [2.75, 3.05) is 7.11 Å². The summed E-state index contributed by atoms with van der Waals surface area (Å²) in [5.41, 5.74) is 0. The third-order valence-electron chi connectivity index (χ3n) is 2.78. The maximum Gasteiger partial charge on any atom is 0.407 e. The third kappa shape index (κ3) is 5.56. The number of hydrogen-bond acceptors (Lipinski definition) is 3. The van der Waals surface area contributed by atoms with Crippen LogP contribution in [0.25, 0.3) is 0 Å². The lowest BCUT2D eigenvalue weighted by molar-refractivity contribution is -0.124. The summed E-state index contributed by atoms with van der Waals surface area (Å²) in [5, 5.41) is 5.42. The molecule has 0 rings (SSSR count). The van der Waals surface area contributed by atoms with Gasteiger partial charge in [-0.15, -0.1) is 0 Å². The maximum atomic E-state index is 12.0. The van der Waals surface area contributed by atoms with E-state index in [1.807, 2.05) is 34.6 Å². The van der Waals surface area contributed by atoms with Crippen molar-refractivity contribution >= 4 is 12.0 Å². The molecule has 0 saturated carbocycles. The lowest BCUT2D eigenvalue weighted by Crippen LogP contribution is -2.52. The molecule has 2 amide bonds. The Hall–Kier alpha value is -1.26. The summed E-state index contributed by atoms with van der Waals surface area (Å²) in [7, 11) is 1.28. The highest BCUT2D eigenvalue weighted by Gasteiger charge is 2.25. The predicted molar refractivity (Wildman–Crippen MR) is 66.6 cm³/mol. The average Bonchev–Trinajstić information content (AvgIpc) is 2.24. The lowest BCUT2D eigenvalue weighted by atomic mass is 10.0. The van der Waals surface area contributed by atoms with Crippen LogP contribution in [-0.2, 0) is 9.53 Å². The van der Waals surface area contributed by atoms with Gasteiger partial charge in [0.25, 0.3) is 0 Å². The summed E-state index contributed by atoms with van der Waals surface area (Å²) in [4.78, 5) is 23.1. The van der Waals surface area contributed by atoms with Crippen LogP contribution in [-0.4, -0.2) is 31.2 Å². The molecule has 0 spiro atoms. The molecule has 5 nitrogen and oxygen atoms in total. The zero-order valence-electron chi connectivity index (χ0n) is 11.5. The van der Waals surface area contributed by atoms with Gasteiger partial charge in [0.05, 0.1) is 7.11 Å². The minimum absolute atomic E-state index is 0.00784. The Morgan fingerprint density at radius 3 is 1.82 bits per heavy atom. The molecule has 17 heavy (non-hydrogen) atoms. The number of nitrogens with one attached hydrogen (secondary N) is 2. The van der Waals surface area contributed by atoms with E-state index in [9.17, 15) is 9.59 Å². The predicted octanol–water partition coefficient (Wildman–Crippen LogP) is 1.53. The summed E-state index contributed by atoms with van der Waals surface area (Å²) in [6.45, 7) is 9.75. The standard InChI is InChI=1S/C12H24N2O3/c1-7(2)9(5)13-11(15)10(8(3)4)14-12(16)17-6/h7-10H,1-6H3,(H,13,15)(H,14,16). The zero-order valence-corrected chi connectivity index (χ0v) is 11.5. The Kier molecular flexibility index (Phi) is 6.61. The van der Waals surface area contributed by atoms with E-state index in [1.54, 1.807) is 0 Å². The maximum absolute atomic E-state index is 12.0. The van der Waals surface area contributed by atoms with E-state index in [-0.39, 0.29) is 17.9 Å². The molecule has 0 saturated heterocycles. The number of carbonyl (C=O) groups is 2. The van der Waals surface area contributed by atoms with E-state index in [0.717, 1.165) is 0 Å². The Balaban J connectivity index is 4.50. The molecular weight excluding hydrogens is 220 g/mol. The van der Waals surface area contributed by atoms with Crippen LogP contribution in [0, 0.1) is 11.8 Å². The number of ether oxygens (including phenoxy) is 1. The topological polar surface area (TPSA) is 67.4 Å². The summed E-state index contributed by atoms with van der Waals surface area (Å²) in [6, 6.07) is -0.494. The van der Waals surface area contributed by atoms with Gasteiger partial charge in [-0.2, -0.15) is 0 Å². The van der Waals surface area contributed by atoms with Crippen molar-refractivity contribution in [3.63, 3.8) is 0 Å². The fourth-order valence-corrected chi connectivity index (χ4v) is 1.20. The quantitative estimate of drug-likeness (QED) is 0.770. The van der Waals surface area contributed by atoms with E-state index in [0.29, 0.717) is 5.92 Å². The minimum Gasteiger partial charge on any atom is -0.453 e. The number of carbonyl (C=O) groups excluding carboxylic acids is 2. The van der Waals surface area contributed by atoms with Gasteiger partial charge >= 0.3 is 6.09 Å². The Morgan fingerprint density at radius 2 is 1.47 bits per heavy atom.